The predicted octanol–water partition coefficient (Wildman–Crippen LogP) is 5.47. The lowest BCUT2D eigenvalue weighted by Crippen LogP contribution is -2.36. The zero-order chi connectivity index (χ0) is 26.2. The minimum Gasteiger partial charge on any atom is -0.462 e. The maximum absolute atomic E-state index is 13.0. The van der Waals surface area contributed by atoms with Gasteiger partial charge in [0.05, 0.1) is 29.7 Å². The number of carbonyl (C=O) groups excluding carboxylic acids is 3. The van der Waals surface area contributed by atoms with Gasteiger partial charge in [-0.15, -0.1) is 17.9 Å². The molecule has 0 fully saturated rings. The molecule has 2 rings (SSSR count). The molecule has 188 valence electrons. The standard InChI is InChI=1S/C27H34N2O5S/c1-7-26(6,17-30)19-14-12-13-18(15-19)16-29-23-21(25(32)34-11-5)20(24(31)33-10-4)22(35-23)27(28,8-2)9-3/h7,12-17H,1,8-11,28H2,2-6H3. The molecule has 0 saturated carbocycles. The Balaban J connectivity index is 2.73. The molecular formula is C27H34N2O5S. The van der Waals surface area contributed by atoms with Crippen LogP contribution in [0.5, 0.6) is 0 Å². The minimum absolute atomic E-state index is 0.0539. The van der Waals surface area contributed by atoms with Crippen molar-refractivity contribution in [1.29, 1.82) is 0 Å². The molecule has 0 amide bonds. The molecule has 8 heteroatoms. The lowest BCUT2D eigenvalue weighted by atomic mass is 9.83. The van der Waals surface area contributed by atoms with Crippen molar-refractivity contribution in [3.05, 3.63) is 64.1 Å². The SMILES string of the molecule is C=CC(C)(C=O)c1cccc(C=Nc2sc(C(N)(CC)CC)c(C(=O)OCC)c2C(=O)OCC)c1. The number of rotatable bonds is 12. The van der Waals surface area contributed by atoms with Crippen LogP contribution < -0.4 is 5.73 Å². The van der Waals surface area contributed by atoms with Crippen molar-refractivity contribution < 1.29 is 23.9 Å². The van der Waals surface area contributed by atoms with Gasteiger partial charge < -0.3 is 20.0 Å². The zero-order valence-electron chi connectivity index (χ0n) is 21.1. The number of ether oxygens (including phenoxy) is 2. The van der Waals surface area contributed by atoms with E-state index < -0.39 is 22.9 Å². The first kappa shape index (κ1) is 28.1. The van der Waals surface area contributed by atoms with Crippen molar-refractivity contribution in [3.63, 3.8) is 0 Å². The van der Waals surface area contributed by atoms with E-state index in [-0.39, 0.29) is 24.3 Å². The van der Waals surface area contributed by atoms with Crippen LogP contribution in [0.25, 0.3) is 0 Å². The van der Waals surface area contributed by atoms with Gasteiger partial charge in [-0.2, -0.15) is 0 Å². The Hall–Kier alpha value is -3.10. The Morgan fingerprint density at radius 2 is 1.69 bits per heavy atom. The smallest absolute Gasteiger partial charge is 0.342 e. The van der Waals surface area contributed by atoms with Gasteiger partial charge in [-0.3, -0.25) is 0 Å². The van der Waals surface area contributed by atoms with Crippen LogP contribution >= 0.6 is 11.3 Å². The monoisotopic (exact) mass is 498 g/mol. The maximum atomic E-state index is 13.0. The summed E-state index contributed by atoms with van der Waals surface area (Å²) < 4.78 is 10.6. The van der Waals surface area contributed by atoms with E-state index in [0.717, 1.165) is 11.8 Å². The summed E-state index contributed by atoms with van der Waals surface area (Å²) in [7, 11) is 0. The van der Waals surface area contributed by atoms with E-state index in [1.165, 1.54) is 11.3 Å². The van der Waals surface area contributed by atoms with Crippen molar-refractivity contribution in [2.45, 2.75) is 58.4 Å². The summed E-state index contributed by atoms with van der Waals surface area (Å²) in [6.07, 6.45) is 5.11. The van der Waals surface area contributed by atoms with E-state index in [9.17, 15) is 14.4 Å². The molecule has 7 nitrogen and oxygen atoms in total. The fraction of sp³-hybridized carbons (Fsp3) is 0.407. The molecule has 0 aliphatic rings. The number of nitrogens with two attached hydrogens (primary N) is 1. The molecule has 2 N–H and O–H groups in total. The summed E-state index contributed by atoms with van der Waals surface area (Å²) >= 11 is 1.19. The molecule has 1 aromatic heterocycles. The van der Waals surface area contributed by atoms with Crippen LogP contribution in [-0.4, -0.2) is 37.7 Å². The number of allylic oxidation sites excluding steroid dienone is 1. The highest BCUT2D eigenvalue weighted by Gasteiger charge is 2.37. The second-order valence-corrected chi connectivity index (χ2v) is 9.28. The average molecular weight is 499 g/mol. The molecule has 0 spiro atoms. The summed E-state index contributed by atoms with van der Waals surface area (Å²) in [5.41, 5.74) is 6.63. The largest absolute Gasteiger partial charge is 0.462 e. The number of benzene rings is 1. The van der Waals surface area contributed by atoms with E-state index in [2.05, 4.69) is 11.6 Å². The Bertz CT molecular complexity index is 1110. The summed E-state index contributed by atoms with van der Waals surface area (Å²) in [5.74, 6) is -1.29. The van der Waals surface area contributed by atoms with E-state index in [1.807, 2.05) is 38.1 Å². The van der Waals surface area contributed by atoms with Gasteiger partial charge in [0.2, 0.25) is 0 Å². The fourth-order valence-corrected chi connectivity index (χ4v) is 4.91. The number of thiophene rings is 1. The average Bonchev–Trinajstić information content (AvgIpc) is 3.27. The molecule has 0 aliphatic heterocycles. The summed E-state index contributed by atoms with van der Waals surface area (Å²) in [6.45, 7) is 13.1. The molecule has 35 heavy (non-hydrogen) atoms. The van der Waals surface area contributed by atoms with Gasteiger partial charge in [0.15, 0.2) is 0 Å². The Morgan fingerprint density at radius 1 is 1.09 bits per heavy atom. The number of esters is 2. The van der Waals surface area contributed by atoms with E-state index in [4.69, 9.17) is 15.2 Å². The molecule has 0 saturated heterocycles. The highest BCUT2D eigenvalue weighted by molar-refractivity contribution is 7.16. The molecule has 1 heterocycles. The maximum Gasteiger partial charge on any atom is 0.342 e. The van der Waals surface area contributed by atoms with Crippen LogP contribution in [-0.2, 0) is 25.2 Å². The first-order valence-corrected chi connectivity index (χ1v) is 12.5. The molecule has 1 aromatic carbocycles. The molecule has 1 atom stereocenters. The fourth-order valence-electron chi connectivity index (χ4n) is 3.54. The highest BCUT2D eigenvalue weighted by atomic mass is 32.1. The summed E-state index contributed by atoms with van der Waals surface area (Å²) in [6, 6.07) is 7.31. The Kier molecular flexibility index (Phi) is 9.68. The van der Waals surface area contributed by atoms with Gasteiger partial charge >= 0.3 is 11.9 Å². The second-order valence-electron chi connectivity index (χ2n) is 8.28. The van der Waals surface area contributed by atoms with Crippen LogP contribution in [0.3, 0.4) is 0 Å². The van der Waals surface area contributed by atoms with Gasteiger partial charge in [0.1, 0.15) is 16.9 Å². The Morgan fingerprint density at radius 3 is 2.20 bits per heavy atom. The first-order chi connectivity index (χ1) is 16.6. The third kappa shape index (κ3) is 5.94. The summed E-state index contributed by atoms with van der Waals surface area (Å²) in [4.78, 5) is 42.8. The van der Waals surface area contributed by atoms with Gasteiger partial charge in [-0.1, -0.05) is 38.1 Å². The molecule has 0 radical (unpaired) electrons. The van der Waals surface area contributed by atoms with Crippen molar-refractivity contribution in [3.8, 4) is 0 Å². The number of hydrogen-bond donors (Lipinski definition) is 1. The van der Waals surface area contributed by atoms with Crippen molar-refractivity contribution in [1.82, 2.24) is 0 Å². The van der Waals surface area contributed by atoms with Crippen LogP contribution in [0.2, 0.25) is 0 Å². The molecule has 0 aliphatic carbocycles. The number of carbonyl (C=O) groups is 3. The third-order valence-corrected chi connectivity index (χ3v) is 7.39. The van der Waals surface area contributed by atoms with E-state index in [1.54, 1.807) is 33.1 Å². The van der Waals surface area contributed by atoms with Crippen LogP contribution in [0, 0.1) is 0 Å². The normalized spacial score (nSPS) is 13.3. The van der Waals surface area contributed by atoms with E-state index in [0.29, 0.717) is 28.3 Å². The lowest BCUT2D eigenvalue weighted by molar-refractivity contribution is -0.110. The summed E-state index contributed by atoms with van der Waals surface area (Å²) in [5, 5.41) is 0.311. The van der Waals surface area contributed by atoms with Crippen molar-refractivity contribution >= 4 is 40.8 Å². The molecular weight excluding hydrogens is 464 g/mol. The molecule has 2 aromatic rings. The number of nitrogens with zero attached hydrogens (tertiary/aromatic N) is 1. The molecule has 1 unspecified atom stereocenters. The highest BCUT2D eigenvalue weighted by Crippen LogP contribution is 2.43. The number of aliphatic imine (C=N–C) groups is 1. The third-order valence-electron chi connectivity index (χ3n) is 6.07. The van der Waals surface area contributed by atoms with Crippen molar-refractivity contribution in [2.75, 3.05) is 13.2 Å². The second kappa shape index (κ2) is 12.0. The van der Waals surface area contributed by atoms with Gasteiger partial charge in [-0.25, -0.2) is 14.6 Å². The van der Waals surface area contributed by atoms with Crippen LogP contribution in [0.1, 0.15) is 84.2 Å². The molecule has 0 bridgehead atoms. The zero-order valence-corrected chi connectivity index (χ0v) is 21.9. The van der Waals surface area contributed by atoms with Crippen LogP contribution in [0.4, 0.5) is 5.00 Å². The number of hydrogen-bond acceptors (Lipinski definition) is 8. The minimum atomic E-state index is -0.839. The predicted molar refractivity (Wildman–Crippen MR) is 140 cm³/mol. The van der Waals surface area contributed by atoms with Gasteiger partial charge in [-0.05, 0) is 50.8 Å². The van der Waals surface area contributed by atoms with E-state index >= 15 is 0 Å². The van der Waals surface area contributed by atoms with Crippen molar-refractivity contribution in [2.24, 2.45) is 10.7 Å². The van der Waals surface area contributed by atoms with Gasteiger partial charge in [0.25, 0.3) is 0 Å². The lowest BCUT2D eigenvalue weighted by Gasteiger charge is -2.26. The first-order valence-electron chi connectivity index (χ1n) is 11.7. The van der Waals surface area contributed by atoms with Crippen LogP contribution in [0.15, 0.2) is 41.9 Å². The number of aldehydes is 1. The Labute approximate surface area is 211 Å². The van der Waals surface area contributed by atoms with Gasteiger partial charge in [0, 0.05) is 11.1 Å². The topological polar surface area (TPSA) is 108 Å². The quantitative estimate of drug-likeness (QED) is 0.180.